The third-order valence-electron chi connectivity index (χ3n) is 0. The van der Waals surface area contributed by atoms with Gasteiger partial charge in [0.25, 0.3) is 0 Å². The van der Waals surface area contributed by atoms with Crippen LogP contribution in [0.15, 0.2) is 0 Å². The van der Waals surface area contributed by atoms with Crippen LogP contribution >= 0.6 is 0 Å². The monoisotopic (exact) mass is 238 g/mol. The second-order valence-corrected chi connectivity index (χ2v) is 1.28. The fourth-order valence-electron chi connectivity index (χ4n) is 0. The van der Waals surface area contributed by atoms with Crippen LogP contribution in [0.3, 0.4) is 0 Å². The van der Waals surface area contributed by atoms with Gasteiger partial charge >= 0.3 is 80.9 Å². The van der Waals surface area contributed by atoms with Crippen molar-refractivity contribution in [1.29, 1.82) is 0 Å². The van der Waals surface area contributed by atoms with Crippen LogP contribution in [-0.4, -0.2) is 17.5 Å². The molecule has 0 radical (unpaired) electrons. The van der Waals surface area contributed by atoms with Crippen molar-refractivity contribution in [2.75, 3.05) is 0 Å². The molecular formula is HBrKNaO4S. The minimum atomic E-state index is -4.92. The topological polar surface area (TPSA) is 77.4 Å². The SMILES string of the molecule is O=S(=O)([O-])O.[Br-].[K+].[Na+]. The summed E-state index contributed by atoms with van der Waals surface area (Å²) < 4.78 is 32.8. The predicted octanol–water partition coefficient (Wildman–Crippen LogP) is -9.98. The predicted molar refractivity (Wildman–Crippen MR) is 12.3 cm³/mol. The van der Waals surface area contributed by atoms with Crippen LogP contribution in [0.2, 0.25) is 0 Å². The standard InChI is InChI=1S/BrH.K.Na.H2O4S/c;;;1-5(2,3)4/h1H;;;(H2,1,2,3,4)/q;2*+1;/p-2. The van der Waals surface area contributed by atoms with Gasteiger partial charge in [0.05, 0.1) is 0 Å². The van der Waals surface area contributed by atoms with Gasteiger partial charge in [0.15, 0.2) is 0 Å². The van der Waals surface area contributed by atoms with Crippen LogP contribution in [0.5, 0.6) is 0 Å². The summed E-state index contributed by atoms with van der Waals surface area (Å²) >= 11 is 0. The molecule has 0 bridgehead atoms. The van der Waals surface area contributed by atoms with E-state index in [-0.39, 0.29) is 97.9 Å². The molecule has 4 nitrogen and oxygen atoms in total. The largest absolute Gasteiger partial charge is 1.00 e. The molecule has 0 spiro atoms. The summed E-state index contributed by atoms with van der Waals surface area (Å²) in [6.45, 7) is 0. The Hall–Kier alpha value is 2.99. The molecule has 0 aromatic rings. The van der Waals surface area contributed by atoms with E-state index < -0.39 is 10.4 Å². The average Bonchev–Trinajstić information content (AvgIpc) is 0.722. The molecule has 0 fully saturated rings. The van der Waals surface area contributed by atoms with Crippen molar-refractivity contribution in [2.24, 2.45) is 0 Å². The van der Waals surface area contributed by atoms with Crippen LogP contribution in [0.4, 0.5) is 0 Å². The van der Waals surface area contributed by atoms with E-state index in [1.807, 2.05) is 0 Å². The van der Waals surface area contributed by atoms with Gasteiger partial charge < -0.3 is 21.5 Å². The van der Waals surface area contributed by atoms with E-state index >= 15 is 0 Å². The zero-order valence-electron chi connectivity index (χ0n) is 4.46. The first-order valence-corrected chi connectivity index (χ1v) is 2.05. The molecule has 0 amide bonds. The Balaban J connectivity index is -0.0000000267. The molecule has 0 saturated carbocycles. The Morgan fingerprint density at radius 1 is 1.38 bits per heavy atom. The van der Waals surface area contributed by atoms with Gasteiger partial charge in [-0.2, -0.15) is 0 Å². The summed E-state index contributed by atoms with van der Waals surface area (Å²) in [4.78, 5) is 0. The van der Waals surface area contributed by atoms with Crippen molar-refractivity contribution in [3.8, 4) is 0 Å². The van der Waals surface area contributed by atoms with Crippen molar-refractivity contribution in [3.05, 3.63) is 0 Å². The summed E-state index contributed by atoms with van der Waals surface area (Å²) in [6.07, 6.45) is 0. The molecule has 0 aliphatic heterocycles. The van der Waals surface area contributed by atoms with E-state index in [1.54, 1.807) is 0 Å². The maximum atomic E-state index is 8.63. The minimum Gasteiger partial charge on any atom is -1.00 e. The Bertz CT molecular complexity index is 99.2. The van der Waals surface area contributed by atoms with E-state index in [1.165, 1.54) is 0 Å². The van der Waals surface area contributed by atoms with Gasteiger partial charge in [-0.15, -0.1) is 0 Å². The number of halogens is 1. The van der Waals surface area contributed by atoms with Gasteiger partial charge in [-0.1, -0.05) is 0 Å². The summed E-state index contributed by atoms with van der Waals surface area (Å²) in [6, 6.07) is 0. The number of rotatable bonds is 0. The van der Waals surface area contributed by atoms with E-state index in [0.717, 1.165) is 0 Å². The molecule has 8 heteroatoms. The van der Waals surface area contributed by atoms with E-state index in [4.69, 9.17) is 17.5 Å². The van der Waals surface area contributed by atoms with Crippen molar-refractivity contribution < 1.29 is 115 Å². The molecule has 0 aromatic heterocycles. The first kappa shape index (κ1) is 22.4. The van der Waals surface area contributed by atoms with Gasteiger partial charge in [0, 0.05) is 0 Å². The van der Waals surface area contributed by atoms with Crippen LogP contribution in [-0.2, 0) is 10.4 Å². The van der Waals surface area contributed by atoms with Crippen molar-refractivity contribution >= 4 is 10.4 Å². The maximum absolute atomic E-state index is 8.63. The third kappa shape index (κ3) is 64.3. The third-order valence-corrected chi connectivity index (χ3v) is 0. The minimum absolute atomic E-state index is 0. The van der Waals surface area contributed by atoms with E-state index in [9.17, 15) is 0 Å². The van der Waals surface area contributed by atoms with Gasteiger partial charge in [-0.05, 0) is 0 Å². The van der Waals surface area contributed by atoms with Crippen LogP contribution < -0.4 is 97.9 Å². The Morgan fingerprint density at radius 3 is 1.38 bits per heavy atom. The van der Waals surface area contributed by atoms with Gasteiger partial charge in [0.2, 0.25) is 10.4 Å². The molecule has 0 rings (SSSR count). The van der Waals surface area contributed by atoms with Crippen LogP contribution in [0.1, 0.15) is 0 Å². The molecule has 0 aliphatic rings. The smallest absolute Gasteiger partial charge is 1.00 e. The van der Waals surface area contributed by atoms with Crippen molar-refractivity contribution in [2.45, 2.75) is 0 Å². The summed E-state index contributed by atoms with van der Waals surface area (Å²) in [5, 5.41) is 0. The zero-order valence-corrected chi connectivity index (χ0v) is 12.0. The van der Waals surface area contributed by atoms with Crippen LogP contribution in [0.25, 0.3) is 0 Å². The van der Waals surface area contributed by atoms with E-state index in [2.05, 4.69) is 0 Å². The second kappa shape index (κ2) is 9.99. The van der Waals surface area contributed by atoms with Gasteiger partial charge in [-0.3, -0.25) is 4.55 Å². The summed E-state index contributed by atoms with van der Waals surface area (Å²) in [5.74, 6) is 0. The average molecular weight is 239 g/mol. The summed E-state index contributed by atoms with van der Waals surface area (Å²) in [7, 11) is -4.92. The Morgan fingerprint density at radius 2 is 1.38 bits per heavy atom. The van der Waals surface area contributed by atoms with Crippen LogP contribution in [0, 0.1) is 0 Å². The molecule has 0 aromatic carbocycles. The fourth-order valence-corrected chi connectivity index (χ4v) is 0. The molecule has 0 heterocycles. The number of hydrogen-bond acceptors (Lipinski definition) is 3. The molecule has 0 saturated heterocycles. The quantitative estimate of drug-likeness (QED) is 0.259. The molecule has 0 atom stereocenters. The number of hydrogen-bond donors (Lipinski definition) is 1. The zero-order chi connectivity index (χ0) is 4.50. The first-order valence-electron chi connectivity index (χ1n) is 0.683. The van der Waals surface area contributed by atoms with Gasteiger partial charge in [0.1, 0.15) is 0 Å². The molecule has 0 unspecified atom stereocenters. The Kier molecular flexibility index (Phi) is 28.0. The fraction of sp³-hybridized carbons (Fsp3) is 0. The van der Waals surface area contributed by atoms with Gasteiger partial charge in [-0.25, -0.2) is 8.42 Å². The second-order valence-electron chi connectivity index (χ2n) is 0.428. The van der Waals surface area contributed by atoms with Crippen molar-refractivity contribution in [1.82, 2.24) is 0 Å². The maximum Gasteiger partial charge on any atom is 1.00 e. The molecule has 8 heavy (non-hydrogen) atoms. The van der Waals surface area contributed by atoms with E-state index in [0.29, 0.717) is 0 Å². The molecule has 0 aliphatic carbocycles. The summed E-state index contributed by atoms with van der Waals surface area (Å²) in [5.41, 5.74) is 0. The normalized spacial score (nSPS) is 7.25. The Labute approximate surface area is 123 Å². The molecule has 1 N–H and O–H groups in total. The van der Waals surface area contributed by atoms with Crippen molar-refractivity contribution in [3.63, 3.8) is 0 Å². The molecular weight excluding hydrogens is 238 g/mol. The molecule has 40 valence electrons. The first-order chi connectivity index (χ1) is 2.00.